The van der Waals surface area contributed by atoms with Gasteiger partial charge in [0.25, 0.3) is 0 Å². The van der Waals surface area contributed by atoms with Gasteiger partial charge < -0.3 is 9.84 Å². The lowest BCUT2D eigenvalue weighted by Gasteiger charge is -2.19. The second-order valence-corrected chi connectivity index (χ2v) is 7.14. The summed E-state index contributed by atoms with van der Waals surface area (Å²) in [5, 5.41) is 9.71. The van der Waals surface area contributed by atoms with Gasteiger partial charge in [0.15, 0.2) is 0 Å². The van der Waals surface area contributed by atoms with Crippen molar-refractivity contribution in [3.63, 3.8) is 0 Å². The largest absolute Gasteiger partial charge is 0.493 e. The molecule has 1 atom stereocenters. The summed E-state index contributed by atoms with van der Waals surface area (Å²) in [6, 6.07) is 8.32. The minimum atomic E-state index is -0.535. The van der Waals surface area contributed by atoms with Crippen LogP contribution in [0.25, 0.3) is 0 Å². The van der Waals surface area contributed by atoms with Crippen LogP contribution in [0.5, 0.6) is 5.75 Å². The van der Waals surface area contributed by atoms with Gasteiger partial charge in [0.1, 0.15) is 5.75 Å². The molecule has 1 rings (SSSR count). The lowest BCUT2D eigenvalue weighted by molar-refractivity contribution is 0.0667. The molecule has 0 aromatic heterocycles. The van der Waals surface area contributed by atoms with Gasteiger partial charge in [-0.25, -0.2) is 0 Å². The minimum absolute atomic E-state index is 0.491. The van der Waals surface area contributed by atoms with Crippen LogP contribution < -0.4 is 4.74 Å². The van der Waals surface area contributed by atoms with Crippen molar-refractivity contribution in [2.75, 3.05) is 6.61 Å². The van der Waals surface area contributed by atoms with Gasteiger partial charge in [0, 0.05) is 0 Å². The van der Waals surface area contributed by atoms with Crippen LogP contribution in [-0.2, 0) is 0 Å². The SMILES string of the molecule is CC(CCCC(C)(C)O)CCOc1ccccc1C(C)C. The number of ether oxygens (including phenoxy) is 1. The van der Waals surface area contributed by atoms with Crippen LogP contribution in [0.15, 0.2) is 24.3 Å². The fraction of sp³-hybridized carbons (Fsp3) is 0.684. The van der Waals surface area contributed by atoms with Crippen LogP contribution in [0.1, 0.15) is 71.8 Å². The first-order valence-corrected chi connectivity index (χ1v) is 8.23. The zero-order valence-corrected chi connectivity index (χ0v) is 14.4. The Bertz CT molecular complexity index is 404. The summed E-state index contributed by atoms with van der Waals surface area (Å²) < 4.78 is 5.97. The maximum atomic E-state index is 9.71. The number of hydrogen-bond donors (Lipinski definition) is 1. The van der Waals surface area contributed by atoms with E-state index in [1.807, 2.05) is 19.9 Å². The van der Waals surface area contributed by atoms with Gasteiger partial charge in [-0.2, -0.15) is 0 Å². The standard InChI is InChI=1S/C19H32O2/c1-15(2)17-10-6-7-11-18(17)21-14-12-16(3)9-8-13-19(4,5)20/h6-7,10-11,15-16,20H,8-9,12-14H2,1-5H3. The van der Waals surface area contributed by atoms with Crippen LogP contribution in [0.4, 0.5) is 0 Å². The Kier molecular flexibility index (Phi) is 7.24. The summed E-state index contributed by atoms with van der Waals surface area (Å²) in [7, 11) is 0. The highest BCUT2D eigenvalue weighted by Gasteiger charge is 2.13. The zero-order chi connectivity index (χ0) is 15.9. The first-order chi connectivity index (χ1) is 9.79. The smallest absolute Gasteiger partial charge is 0.122 e. The van der Waals surface area contributed by atoms with E-state index in [1.54, 1.807) is 0 Å². The molecule has 2 nitrogen and oxygen atoms in total. The van der Waals surface area contributed by atoms with Gasteiger partial charge in [-0.05, 0) is 50.2 Å². The molecule has 0 aliphatic rings. The highest BCUT2D eigenvalue weighted by Crippen LogP contribution is 2.26. The van der Waals surface area contributed by atoms with Gasteiger partial charge in [0.05, 0.1) is 12.2 Å². The topological polar surface area (TPSA) is 29.5 Å². The quantitative estimate of drug-likeness (QED) is 0.681. The molecular formula is C19H32O2. The Hall–Kier alpha value is -1.02. The van der Waals surface area contributed by atoms with Crippen molar-refractivity contribution in [2.45, 2.75) is 71.8 Å². The van der Waals surface area contributed by atoms with Gasteiger partial charge in [-0.1, -0.05) is 51.8 Å². The molecule has 2 heteroatoms. The fourth-order valence-electron chi connectivity index (χ4n) is 2.49. The fourth-order valence-corrected chi connectivity index (χ4v) is 2.49. The zero-order valence-electron chi connectivity index (χ0n) is 14.4. The maximum absolute atomic E-state index is 9.71. The number of rotatable bonds is 9. The molecule has 21 heavy (non-hydrogen) atoms. The summed E-state index contributed by atoms with van der Waals surface area (Å²) in [6.45, 7) is 11.2. The Morgan fingerprint density at radius 1 is 1.10 bits per heavy atom. The predicted octanol–water partition coefficient (Wildman–Crippen LogP) is 5.16. The van der Waals surface area contributed by atoms with Crippen molar-refractivity contribution in [3.8, 4) is 5.75 Å². The molecule has 0 saturated carbocycles. The Morgan fingerprint density at radius 3 is 2.38 bits per heavy atom. The number of hydrogen-bond acceptors (Lipinski definition) is 2. The van der Waals surface area contributed by atoms with E-state index in [9.17, 15) is 5.11 Å². The average Bonchev–Trinajstić information content (AvgIpc) is 2.37. The van der Waals surface area contributed by atoms with E-state index in [1.165, 1.54) is 5.56 Å². The third-order valence-electron chi connectivity index (χ3n) is 3.89. The van der Waals surface area contributed by atoms with Crippen LogP contribution in [0.3, 0.4) is 0 Å². The van der Waals surface area contributed by atoms with E-state index in [-0.39, 0.29) is 0 Å². The van der Waals surface area contributed by atoms with Crippen LogP contribution in [-0.4, -0.2) is 17.3 Å². The molecule has 1 aromatic rings. The Morgan fingerprint density at radius 2 is 1.76 bits per heavy atom. The lowest BCUT2D eigenvalue weighted by atomic mass is 9.95. The van der Waals surface area contributed by atoms with Crippen molar-refractivity contribution >= 4 is 0 Å². The first kappa shape index (κ1) is 18.0. The summed E-state index contributed by atoms with van der Waals surface area (Å²) in [4.78, 5) is 0. The molecule has 0 aliphatic carbocycles. The van der Waals surface area contributed by atoms with E-state index in [4.69, 9.17) is 4.74 Å². The molecule has 0 amide bonds. The molecule has 0 radical (unpaired) electrons. The molecule has 0 heterocycles. The van der Waals surface area contributed by atoms with Gasteiger partial charge >= 0.3 is 0 Å². The normalized spacial score (nSPS) is 13.5. The molecule has 1 unspecified atom stereocenters. The second-order valence-electron chi connectivity index (χ2n) is 7.14. The lowest BCUT2D eigenvalue weighted by Crippen LogP contribution is -2.18. The molecular weight excluding hydrogens is 260 g/mol. The predicted molar refractivity (Wildman–Crippen MR) is 90.0 cm³/mol. The van der Waals surface area contributed by atoms with Crippen LogP contribution >= 0.6 is 0 Å². The molecule has 0 saturated heterocycles. The second kappa shape index (κ2) is 8.43. The van der Waals surface area contributed by atoms with Crippen molar-refractivity contribution < 1.29 is 9.84 Å². The molecule has 0 aliphatic heterocycles. The number of aliphatic hydroxyl groups is 1. The van der Waals surface area contributed by atoms with E-state index < -0.39 is 5.60 Å². The highest BCUT2D eigenvalue weighted by molar-refractivity contribution is 5.35. The molecule has 0 bridgehead atoms. The van der Waals surface area contributed by atoms with Crippen molar-refractivity contribution in [1.82, 2.24) is 0 Å². The van der Waals surface area contributed by atoms with E-state index >= 15 is 0 Å². The maximum Gasteiger partial charge on any atom is 0.122 e. The minimum Gasteiger partial charge on any atom is -0.493 e. The van der Waals surface area contributed by atoms with Crippen molar-refractivity contribution in [1.29, 1.82) is 0 Å². The summed E-state index contributed by atoms with van der Waals surface area (Å²) in [5.74, 6) is 2.15. The Labute approximate surface area is 130 Å². The van der Waals surface area contributed by atoms with E-state index in [2.05, 4.69) is 39.0 Å². The average molecular weight is 292 g/mol. The molecule has 120 valence electrons. The molecule has 1 N–H and O–H groups in total. The third kappa shape index (κ3) is 7.52. The number of benzene rings is 1. The van der Waals surface area contributed by atoms with Crippen LogP contribution in [0, 0.1) is 5.92 Å². The van der Waals surface area contributed by atoms with Crippen LogP contribution in [0.2, 0.25) is 0 Å². The summed E-state index contributed by atoms with van der Waals surface area (Å²) >= 11 is 0. The summed E-state index contributed by atoms with van der Waals surface area (Å²) in [6.07, 6.45) is 4.17. The monoisotopic (exact) mass is 292 g/mol. The third-order valence-corrected chi connectivity index (χ3v) is 3.89. The van der Waals surface area contributed by atoms with Gasteiger partial charge in [-0.15, -0.1) is 0 Å². The number of para-hydroxylation sites is 1. The highest BCUT2D eigenvalue weighted by atomic mass is 16.5. The molecule has 1 aromatic carbocycles. The molecule has 0 spiro atoms. The van der Waals surface area contributed by atoms with E-state index in [0.29, 0.717) is 11.8 Å². The molecule has 0 fully saturated rings. The van der Waals surface area contributed by atoms with E-state index in [0.717, 1.165) is 38.0 Å². The van der Waals surface area contributed by atoms with Gasteiger partial charge in [-0.3, -0.25) is 0 Å². The first-order valence-electron chi connectivity index (χ1n) is 8.23. The Balaban J connectivity index is 2.30. The van der Waals surface area contributed by atoms with Crippen molar-refractivity contribution in [2.24, 2.45) is 5.92 Å². The van der Waals surface area contributed by atoms with Gasteiger partial charge in [0.2, 0.25) is 0 Å². The summed E-state index contributed by atoms with van der Waals surface area (Å²) in [5.41, 5.74) is 0.749. The van der Waals surface area contributed by atoms with Crippen molar-refractivity contribution in [3.05, 3.63) is 29.8 Å².